The van der Waals surface area contributed by atoms with Gasteiger partial charge in [0, 0.05) is 14.0 Å². The Balaban J connectivity index is 2.38. The Bertz CT molecular complexity index is 565. The molecule has 0 unspecified atom stereocenters. The molecular formula is C9H9N5OS. The summed E-state index contributed by atoms with van der Waals surface area (Å²) >= 11 is 1.24. The predicted molar refractivity (Wildman–Crippen MR) is 55.8 cm³/mol. The molecule has 0 aliphatic heterocycles. The lowest BCUT2D eigenvalue weighted by atomic mass is 10.3. The van der Waals surface area contributed by atoms with Crippen LogP contribution in [0.25, 0.3) is 0 Å². The summed E-state index contributed by atoms with van der Waals surface area (Å²) in [7, 11) is 1.78. The van der Waals surface area contributed by atoms with E-state index in [2.05, 4.69) is 21.4 Å². The van der Waals surface area contributed by atoms with Gasteiger partial charge in [0.1, 0.15) is 16.7 Å². The number of hydrogen-bond donors (Lipinski definition) is 0. The first-order valence-corrected chi connectivity index (χ1v) is 5.35. The van der Waals surface area contributed by atoms with E-state index in [9.17, 15) is 0 Å². The van der Waals surface area contributed by atoms with Gasteiger partial charge in [-0.1, -0.05) is 0 Å². The van der Waals surface area contributed by atoms with Gasteiger partial charge in [0.15, 0.2) is 0 Å². The molecule has 0 aliphatic carbocycles. The second kappa shape index (κ2) is 3.98. The predicted octanol–water partition coefficient (Wildman–Crippen LogP) is 1.44. The zero-order valence-electron chi connectivity index (χ0n) is 9.05. The van der Waals surface area contributed by atoms with E-state index in [1.54, 1.807) is 25.6 Å². The van der Waals surface area contributed by atoms with E-state index in [4.69, 9.17) is 9.68 Å². The molecular weight excluding hydrogens is 226 g/mol. The van der Waals surface area contributed by atoms with Crippen LogP contribution in [0, 0.1) is 25.2 Å². The Morgan fingerprint density at radius 3 is 2.69 bits per heavy atom. The van der Waals surface area contributed by atoms with E-state index >= 15 is 0 Å². The van der Waals surface area contributed by atoms with Crippen molar-refractivity contribution in [3.63, 3.8) is 0 Å². The van der Waals surface area contributed by atoms with Gasteiger partial charge in [-0.3, -0.25) is 4.68 Å². The van der Waals surface area contributed by atoms with Crippen LogP contribution in [-0.2, 0) is 7.05 Å². The fourth-order valence-corrected chi connectivity index (χ4v) is 2.16. The van der Waals surface area contributed by atoms with Crippen LogP contribution < -0.4 is 0 Å². The highest BCUT2D eigenvalue weighted by Crippen LogP contribution is 2.30. The van der Waals surface area contributed by atoms with E-state index in [1.165, 1.54) is 11.8 Å². The summed E-state index contributed by atoms with van der Waals surface area (Å²) in [6, 6.07) is 2.12. The molecule has 2 aromatic heterocycles. The largest absolute Gasteiger partial charge is 0.416 e. The zero-order valence-corrected chi connectivity index (χ0v) is 9.87. The lowest BCUT2D eigenvalue weighted by Crippen LogP contribution is -1.92. The molecule has 2 heterocycles. The average Bonchev–Trinajstić information content (AvgIpc) is 2.73. The second-order valence-corrected chi connectivity index (χ2v) is 4.13. The van der Waals surface area contributed by atoms with Gasteiger partial charge in [0.25, 0.3) is 5.22 Å². The first-order valence-electron chi connectivity index (χ1n) is 4.53. The molecule has 0 radical (unpaired) electrons. The summed E-state index contributed by atoms with van der Waals surface area (Å²) in [5.74, 6) is 0.500. The molecule has 0 N–H and O–H groups in total. The molecule has 0 fully saturated rings. The summed E-state index contributed by atoms with van der Waals surface area (Å²) in [6.07, 6.45) is 0. The number of aromatic nitrogens is 4. The topological polar surface area (TPSA) is 80.5 Å². The third-order valence-electron chi connectivity index (χ3n) is 1.97. The molecule has 0 aliphatic rings. The number of nitriles is 1. The van der Waals surface area contributed by atoms with Crippen molar-refractivity contribution >= 4 is 11.8 Å². The summed E-state index contributed by atoms with van der Waals surface area (Å²) in [4.78, 5) is 0. The van der Waals surface area contributed by atoms with E-state index in [-0.39, 0.29) is 0 Å². The van der Waals surface area contributed by atoms with Gasteiger partial charge < -0.3 is 4.42 Å². The van der Waals surface area contributed by atoms with E-state index in [0.29, 0.717) is 27.4 Å². The van der Waals surface area contributed by atoms with Crippen molar-refractivity contribution in [2.75, 3.05) is 0 Å². The van der Waals surface area contributed by atoms with Crippen LogP contribution in [0.5, 0.6) is 0 Å². The van der Waals surface area contributed by atoms with Crippen LogP contribution >= 0.6 is 11.8 Å². The number of rotatable bonds is 2. The summed E-state index contributed by atoms with van der Waals surface area (Å²) in [5, 5.41) is 21.9. The van der Waals surface area contributed by atoms with E-state index in [1.807, 2.05) is 0 Å². The van der Waals surface area contributed by atoms with Crippen LogP contribution in [0.2, 0.25) is 0 Å². The molecule has 6 nitrogen and oxygen atoms in total. The minimum Gasteiger partial charge on any atom is -0.416 e. The fourth-order valence-electron chi connectivity index (χ4n) is 1.29. The maximum atomic E-state index is 9.01. The maximum absolute atomic E-state index is 9.01. The van der Waals surface area contributed by atoms with E-state index < -0.39 is 0 Å². The van der Waals surface area contributed by atoms with Crippen molar-refractivity contribution in [2.45, 2.75) is 24.1 Å². The normalized spacial score (nSPS) is 10.4. The molecule has 0 atom stereocenters. The highest BCUT2D eigenvalue weighted by atomic mass is 32.2. The van der Waals surface area contributed by atoms with E-state index in [0.717, 1.165) is 0 Å². The van der Waals surface area contributed by atoms with Crippen molar-refractivity contribution in [3.05, 3.63) is 17.1 Å². The Kier molecular flexibility index (Phi) is 2.66. The number of hydrogen-bond acceptors (Lipinski definition) is 6. The van der Waals surface area contributed by atoms with Gasteiger partial charge in [0.05, 0.1) is 5.69 Å². The molecule has 16 heavy (non-hydrogen) atoms. The SMILES string of the molecule is Cc1nnc(Sc2c(C#N)c(C)nn2C)o1. The van der Waals surface area contributed by atoms with Crippen molar-refractivity contribution in [3.8, 4) is 6.07 Å². The lowest BCUT2D eigenvalue weighted by molar-refractivity contribution is 0.428. The van der Waals surface area contributed by atoms with Crippen molar-refractivity contribution in [2.24, 2.45) is 7.05 Å². The standard InChI is InChI=1S/C9H9N5OS/c1-5-7(4-10)8(14(3)13-5)16-9-12-11-6(2)15-9/h1-3H3. The first-order chi connectivity index (χ1) is 7.61. The number of nitrogens with zero attached hydrogens (tertiary/aromatic N) is 5. The lowest BCUT2D eigenvalue weighted by Gasteiger charge is -1.96. The van der Waals surface area contributed by atoms with Crippen LogP contribution in [0.1, 0.15) is 17.1 Å². The monoisotopic (exact) mass is 235 g/mol. The van der Waals surface area contributed by atoms with Gasteiger partial charge in [-0.25, -0.2) is 0 Å². The summed E-state index contributed by atoms with van der Waals surface area (Å²) in [5.41, 5.74) is 1.24. The van der Waals surface area contributed by atoms with Gasteiger partial charge in [0.2, 0.25) is 5.89 Å². The fraction of sp³-hybridized carbons (Fsp3) is 0.333. The molecule has 82 valence electrons. The molecule has 2 aromatic rings. The van der Waals surface area contributed by atoms with Crippen LogP contribution in [0.15, 0.2) is 14.7 Å². The van der Waals surface area contributed by atoms with Crippen molar-refractivity contribution in [1.82, 2.24) is 20.0 Å². The Morgan fingerprint density at radius 2 is 2.12 bits per heavy atom. The minimum absolute atomic E-state index is 0.414. The van der Waals surface area contributed by atoms with Gasteiger partial charge in [-0.2, -0.15) is 10.4 Å². The third kappa shape index (κ3) is 1.79. The third-order valence-corrected chi connectivity index (χ3v) is 2.97. The molecule has 7 heteroatoms. The highest BCUT2D eigenvalue weighted by molar-refractivity contribution is 7.99. The Labute approximate surface area is 96.3 Å². The quantitative estimate of drug-likeness (QED) is 0.783. The molecule has 0 bridgehead atoms. The van der Waals surface area contributed by atoms with Gasteiger partial charge in [-0.05, 0) is 18.7 Å². The maximum Gasteiger partial charge on any atom is 0.282 e. The first kappa shape index (κ1) is 10.7. The zero-order chi connectivity index (χ0) is 11.7. The molecule has 0 amide bonds. The number of aryl methyl sites for hydroxylation is 3. The molecule has 0 saturated heterocycles. The van der Waals surface area contributed by atoms with Gasteiger partial charge in [-0.15, -0.1) is 10.2 Å². The Morgan fingerprint density at radius 1 is 1.38 bits per heavy atom. The second-order valence-electron chi connectivity index (χ2n) is 3.19. The molecule has 0 aromatic carbocycles. The average molecular weight is 235 g/mol. The Hall–Kier alpha value is -1.81. The van der Waals surface area contributed by atoms with Gasteiger partial charge >= 0.3 is 0 Å². The highest BCUT2D eigenvalue weighted by Gasteiger charge is 2.16. The van der Waals surface area contributed by atoms with Crippen LogP contribution in [-0.4, -0.2) is 20.0 Å². The smallest absolute Gasteiger partial charge is 0.282 e. The van der Waals surface area contributed by atoms with Crippen molar-refractivity contribution in [1.29, 1.82) is 5.26 Å². The molecule has 2 rings (SSSR count). The minimum atomic E-state index is 0.414. The molecule has 0 saturated carbocycles. The van der Waals surface area contributed by atoms with Crippen LogP contribution in [0.3, 0.4) is 0 Å². The van der Waals surface area contributed by atoms with Crippen molar-refractivity contribution < 1.29 is 4.42 Å². The molecule has 0 spiro atoms. The summed E-state index contributed by atoms with van der Waals surface area (Å²) in [6.45, 7) is 3.51. The summed E-state index contributed by atoms with van der Waals surface area (Å²) < 4.78 is 6.88. The van der Waals surface area contributed by atoms with Crippen LogP contribution in [0.4, 0.5) is 0 Å².